The summed E-state index contributed by atoms with van der Waals surface area (Å²) in [4.78, 5) is 18.0. The van der Waals surface area contributed by atoms with Crippen molar-refractivity contribution in [3.63, 3.8) is 0 Å². The van der Waals surface area contributed by atoms with Gasteiger partial charge in [0.2, 0.25) is 0 Å². The Morgan fingerprint density at radius 2 is 1.78 bits per heavy atom. The molecule has 0 bridgehead atoms. The third-order valence-corrected chi connectivity index (χ3v) is 5.49. The van der Waals surface area contributed by atoms with Crippen LogP contribution in [0, 0.1) is 0 Å². The van der Waals surface area contributed by atoms with E-state index in [2.05, 4.69) is 34.1 Å². The molecule has 0 spiro atoms. The Labute approximate surface area is 141 Å². The number of carbonyl (C=O) groups excluding carboxylic acids is 1. The van der Waals surface area contributed by atoms with Crippen LogP contribution in [0.15, 0.2) is 36.4 Å². The topological polar surface area (TPSA) is 43.8 Å². The summed E-state index contributed by atoms with van der Waals surface area (Å²) in [6.07, 6.45) is 0. The molecule has 1 aromatic heterocycles. The van der Waals surface area contributed by atoms with Gasteiger partial charge in [-0.15, -0.1) is 11.3 Å². The first kappa shape index (κ1) is 16.2. The Morgan fingerprint density at radius 1 is 1.09 bits per heavy atom. The van der Waals surface area contributed by atoms with Crippen LogP contribution in [0.4, 0.5) is 5.69 Å². The van der Waals surface area contributed by atoms with Crippen molar-refractivity contribution >= 4 is 22.8 Å². The molecule has 2 heterocycles. The summed E-state index contributed by atoms with van der Waals surface area (Å²) in [6.45, 7) is 6.58. The molecule has 1 aliphatic heterocycles. The Kier molecular flexibility index (Phi) is 5.10. The average Bonchev–Trinajstić information content (AvgIpc) is 3.06. The lowest BCUT2D eigenvalue weighted by molar-refractivity contribution is 0.102. The zero-order valence-corrected chi connectivity index (χ0v) is 14.2. The van der Waals surface area contributed by atoms with Crippen LogP contribution < -0.4 is 4.90 Å². The van der Waals surface area contributed by atoms with Gasteiger partial charge in [-0.1, -0.05) is 12.1 Å². The van der Waals surface area contributed by atoms with Gasteiger partial charge < -0.3 is 10.0 Å². The number of rotatable bonds is 5. The molecule has 0 amide bonds. The van der Waals surface area contributed by atoms with Gasteiger partial charge in [0, 0.05) is 43.3 Å². The lowest BCUT2D eigenvalue weighted by Crippen LogP contribution is -2.47. The molecule has 1 saturated heterocycles. The first-order valence-electron chi connectivity index (χ1n) is 7.97. The quantitative estimate of drug-likeness (QED) is 0.856. The Morgan fingerprint density at radius 3 is 2.35 bits per heavy atom. The van der Waals surface area contributed by atoms with Crippen molar-refractivity contribution in [3.05, 3.63) is 41.3 Å². The van der Waals surface area contributed by atoms with E-state index in [0.29, 0.717) is 0 Å². The summed E-state index contributed by atoms with van der Waals surface area (Å²) in [5, 5.41) is 9.00. The lowest BCUT2D eigenvalue weighted by Gasteiger charge is -2.35. The van der Waals surface area contributed by atoms with Crippen molar-refractivity contribution < 1.29 is 9.90 Å². The molecule has 4 nitrogen and oxygen atoms in total. The minimum absolute atomic E-state index is 0.124. The molecule has 1 aliphatic rings. The van der Waals surface area contributed by atoms with E-state index in [1.54, 1.807) is 18.3 Å². The molecule has 2 aromatic rings. The monoisotopic (exact) mass is 330 g/mol. The summed E-state index contributed by atoms with van der Waals surface area (Å²) >= 11 is 1.55. The number of aliphatic hydroxyl groups excluding tert-OH is 1. The molecule has 3 rings (SSSR count). The van der Waals surface area contributed by atoms with Gasteiger partial charge in [0.1, 0.15) is 0 Å². The van der Waals surface area contributed by atoms with Crippen molar-refractivity contribution in [2.24, 2.45) is 0 Å². The number of anilines is 1. The highest BCUT2D eigenvalue weighted by Crippen LogP contribution is 2.30. The molecule has 0 radical (unpaired) electrons. The molecular formula is C18H22N2O2S. The number of nitrogens with zero attached hydrogens (tertiary/aromatic N) is 2. The first-order valence-corrected chi connectivity index (χ1v) is 8.78. The molecule has 1 aromatic carbocycles. The summed E-state index contributed by atoms with van der Waals surface area (Å²) in [5.74, 6) is 0.124. The first-order chi connectivity index (χ1) is 11.2. The highest BCUT2D eigenvalue weighted by atomic mass is 32.1. The molecule has 0 aliphatic carbocycles. The zero-order chi connectivity index (χ0) is 16.2. The Hall–Kier alpha value is -1.69. The third-order valence-electron chi connectivity index (χ3n) is 4.26. The molecule has 0 atom stereocenters. The predicted molar refractivity (Wildman–Crippen MR) is 95.5 cm³/mol. The summed E-state index contributed by atoms with van der Waals surface area (Å²) in [6, 6.07) is 12.5. The van der Waals surface area contributed by atoms with Crippen LogP contribution in [0.1, 0.15) is 16.6 Å². The highest BCUT2D eigenvalue weighted by Gasteiger charge is 2.16. The normalized spacial score (nSPS) is 15.8. The number of ketones is 1. The van der Waals surface area contributed by atoms with Gasteiger partial charge >= 0.3 is 0 Å². The van der Waals surface area contributed by atoms with Crippen LogP contribution in [0.25, 0.3) is 10.4 Å². The second-order valence-electron chi connectivity index (χ2n) is 5.82. The fraction of sp³-hybridized carbons (Fsp3) is 0.389. The minimum Gasteiger partial charge on any atom is -0.395 e. The molecule has 23 heavy (non-hydrogen) atoms. The second kappa shape index (κ2) is 7.25. The minimum atomic E-state index is 0.124. The van der Waals surface area contributed by atoms with Crippen LogP contribution >= 0.6 is 11.3 Å². The predicted octanol–water partition coefficient (Wildman–Crippen LogP) is 2.73. The largest absolute Gasteiger partial charge is 0.395 e. The van der Waals surface area contributed by atoms with Crippen molar-refractivity contribution in [3.8, 4) is 10.4 Å². The number of hydrogen-bond acceptors (Lipinski definition) is 5. The van der Waals surface area contributed by atoms with Gasteiger partial charge in [-0.05, 0) is 36.8 Å². The van der Waals surface area contributed by atoms with Crippen LogP contribution in [0.3, 0.4) is 0 Å². The van der Waals surface area contributed by atoms with E-state index < -0.39 is 0 Å². The molecule has 0 saturated carbocycles. The molecule has 0 unspecified atom stereocenters. The molecular weight excluding hydrogens is 308 g/mol. The van der Waals surface area contributed by atoms with E-state index in [1.165, 1.54) is 5.69 Å². The third kappa shape index (κ3) is 3.80. The molecule has 5 heteroatoms. The number of β-amino-alcohol motifs (C(OH)–C–C–N with tert-alkyl or cyclic N) is 1. The lowest BCUT2D eigenvalue weighted by atomic mass is 10.1. The maximum absolute atomic E-state index is 11.4. The van der Waals surface area contributed by atoms with E-state index in [0.717, 1.165) is 48.0 Å². The van der Waals surface area contributed by atoms with Gasteiger partial charge in [0.25, 0.3) is 0 Å². The highest BCUT2D eigenvalue weighted by molar-refractivity contribution is 7.17. The number of carbonyl (C=O) groups is 1. The van der Waals surface area contributed by atoms with Crippen LogP contribution in [0.5, 0.6) is 0 Å². The van der Waals surface area contributed by atoms with Gasteiger partial charge in [-0.25, -0.2) is 0 Å². The Bertz CT molecular complexity index is 658. The SMILES string of the molecule is CC(=O)c1ccc(-c2ccc(N3CCN(CCO)CC3)cc2)s1. The average molecular weight is 330 g/mol. The Balaban J connectivity index is 1.66. The maximum Gasteiger partial charge on any atom is 0.169 e. The van der Waals surface area contributed by atoms with Crippen LogP contribution in [-0.2, 0) is 0 Å². The van der Waals surface area contributed by atoms with Crippen molar-refractivity contribution in [2.45, 2.75) is 6.92 Å². The number of piperazine rings is 1. The standard InChI is InChI=1S/C18H22N2O2S/c1-14(22)17-6-7-18(23-17)15-2-4-16(5-3-15)20-10-8-19(9-11-20)12-13-21/h2-7,21H,8-13H2,1H3. The fourth-order valence-electron chi connectivity index (χ4n) is 2.89. The summed E-state index contributed by atoms with van der Waals surface area (Å²) in [5.41, 5.74) is 2.39. The van der Waals surface area contributed by atoms with E-state index in [4.69, 9.17) is 5.11 Å². The van der Waals surface area contributed by atoms with Gasteiger partial charge in [-0.3, -0.25) is 9.69 Å². The molecule has 1 fully saturated rings. The zero-order valence-electron chi connectivity index (χ0n) is 13.4. The summed E-state index contributed by atoms with van der Waals surface area (Å²) < 4.78 is 0. The number of Topliss-reactive ketones (excluding diaryl/α,β-unsaturated/α-hetero) is 1. The molecule has 122 valence electrons. The van der Waals surface area contributed by atoms with E-state index in [-0.39, 0.29) is 12.4 Å². The summed E-state index contributed by atoms with van der Waals surface area (Å²) in [7, 11) is 0. The second-order valence-corrected chi connectivity index (χ2v) is 6.90. The van der Waals surface area contributed by atoms with Crippen molar-refractivity contribution in [1.82, 2.24) is 4.90 Å². The number of benzene rings is 1. The number of thiophene rings is 1. The number of hydrogen-bond donors (Lipinski definition) is 1. The van der Waals surface area contributed by atoms with Crippen LogP contribution in [0.2, 0.25) is 0 Å². The van der Waals surface area contributed by atoms with Crippen molar-refractivity contribution in [1.29, 1.82) is 0 Å². The fourth-order valence-corrected chi connectivity index (χ4v) is 3.80. The van der Waals surface area contributed by atoms with Gasteiger partial charge in [0.15, 0.2) is 5.78 Å². The van der Waals surface area contributed by atoms with E-state index in [9.17, 15) is 4.79 Å². The maximum atomic E-state index is 11.4. The molecule has 1 N–H and O–H groups in total. The van der Waals surface area contributed by atoms with E-state index >= 15 is 0 Å². The van der Waals surface area contributed by atoms with E-state index in [1.807, 2.05) is 12.1 Å². The van der Waals surface area contributed by atoms with Gasteiger partial charge in [0.05, 0.1) is 11.5 Å². The number of aliphatic hydroxyl groups is 1. The smallest absolute Gasteiger partial charge is 0.169 e. The van der Waals surface area contributed by atoms with Gasteiger partial charge in [-0.2, -0.15) is 0 Å². The van der Waals surface area contributed by atoms with Crippen molar-refractivity contribution in [2.75, 3.05) is 44.2 Å². The van der Waals surface area contributed by atoms with Crippen LogP contribution in [-0.4, -0.2) is 55.1 Å².